The minimum Gasteiger partial charge on any atom is -0.722 e. The van der Waals surface area contributed by atoms with E-state index >= 15 is 0 Å². The Kier molecular flexibility index (Phi) is 3.96. The molecule has 1 aromatic carbocycles. The van der Waals surface area contributed by atoms with Crippen LogP contribution in [0.3, 0.4) is 0 Å². The highest BCUT2D eigenvalue weighted by Crippen LogP contribution is 2.24. The number of nitrogens with two attached hydrogens (primary N) is 2. The maximum Gasteiger partial charge on any atom is 0.366 e. The summed E-state index contributed by atoms with van der Waals surface area (Å²) in [6.07, 6.45) is 1.29. The van der Waals surface area contributed by atoms with Gasteiger partial charge < -0.3 is 9.94 Å². The Morgan fingerprint density at radius 3 is 2.75 bits per heavy atom. The zero-order valence-corrected chi connectivity index (χ0v) is 9.31. The molecule has 0 spiro atoms. The quantitative estimate of drug-likeness (QED) is 0.264. The van der Waals surface area contributed by atoms with Crippen molar-refractivity contribution in [1.29, 1.82) is 0 Å². The summed E-state index contributed by atoms with van der Waals surface area (Å²) < 4.78 is 4.97. The maximum atomic E-state index is 10.9. The molecule has 0 aliphatic carbocycles. The Bertz CT molecular complexity index is 441. The smallest absolute Gasteiger partial charge is 0.366 e. The number of ether oxygens (including phenoxy) is 1. The molecular formula is C9H11ClN4O2. The molecule has 0 fully saturated rings. The van der Waals surface area contributed by atoms with Crippen LogP contribution in [-0.4, -0.2) is 24.1 Å². The van der Waals surface area contributed by atoms with Gasteiger partial charge in [-0.25, -0.2) is 0 Å². The summed E-state index contributed by atoms with van der Waals surface area (Å²) >= 11 is 5.87. The predicted octanol–water partition coefficient (Wildman–Crippen LogP) is 0.466. The number of hydrazone groups is 1. The number of rotatable bonds is 3. The number of hydrogen-bond acceptors (Lipinski definition) is 3. The first-order valence-electron chi connectivity index (χ1n) is 4.27. The average molecular weight is 243 g/mol. The Morgan fingerprint density at radius 1 is 1.56 bits per heavy atom. The maximum absolute atomic E-state index is 10.9. The second-order valence-corrected chi connectivity index (χ2v) is 3.24. The Labute approximate surface area is 97.3 Å². The van der Waals surface area contributed by atoms with E-state index < -0.39 is 5.96 Å². The van der Waals surface area contributed by atoms with Gasteiger partial charge in [-0.15, -0.1) is 9.95 Å². The fourth-order valence-electron chi connectivity index (χ4n) is 0.949. The lowest BCUT2D eigenvalue weighted by Crippen LogP contribution is -2.30. The molecule has 0 atom stereocenters. The lowest BCUT2D eigenvalue weighted by atomic mass is 10.2. The molecule has 4 N–H and O–H groups in total. The molecule has 0 heterocycles. The van der Waals surface area contributed by atoms with Gasteiger partial charge in [-0.05, 0) is 23.8 Å². The Balaban J connectivity index is 2.92. The average Bonchev–Trinajstić information content (AvgIpc) is 2.25. The van der Waals surface area contributed by atoms with Crippen molar-refractivity contribution in [2.24, 2.45) is 16.6 Å². The van der Waals surface area contributed by atoms with Crippen LogP contribution in [-0.2, 0) is 0 Å². The van der Waals surface area contributed by atoms with E-state index in [-0.39, 0.29) is 4.85 Å². The van der Waals surface area contributed by atoms with E-state index in [0.717, 1.165) is 0 Å². The van der Waals surface area contributed by atoms with E-state index in [2.05, 4.69) is 5.10 Å². The van der Waals surface area contributed by atoms with Crippen LogP contribution < -0.4 is 16.2 Å². The van der Waals surface area contributed by atoms with E-state index in [0.29, 0.717) is 16.3 Å². The molecule has 7 heteroatoms. The monoisotopic (exact) mass is 242 g/mol. The zero-order chi connectivity index (χ0) is 12.1. The third-order valence-electron chi connectivity index (χ3n) is 1.71. The summed E-state index contributed by atoms with van der Waals surface area (Å²) in [6, 6.07) is 4.95. The van der Waals surface area contributed by atoms with E-state index in [4.69, 9.17) is 27.8 Å². The fraction of sp³-hybridized carbons (Fsp3) is 0.111. The Morgan fingerprint density at radius 2 is 2.25 bits per heavy atom. The van der Waals surface area contributed by atoms with Gasteiger partial charge >= 0.3 is 5.96 Å². The summed E-state index contributed by atoms with van der Waals surface area (Å²) in [5, 5.41) is 14.8. The highest BCUT2D eigenvalue weighted by molar-refractivity contribution is 6.32. The van der Waals surface area contributed by atoms with E-state index in [9.17, 15) is 5.21 Å². The van der Waals surface area contributed by atoms with Crippen LogP contribution >= 0.6 is 11.6 Å². The minimum atomic E-state index is -0.434. The molecule has 0 aliphatic rings. The lowest BCUT2D eigenvalue weighted by molar-refractivity contribution is -0.463. The summed E-state index contributed by atoms with van der Waals surface area (Å²) in [4.78, 5) is 0.109. The Hall–Kier alpha value is -1.95. The van der Waals surface area contributed by atoms with Crippen molar-refractivity contribution in [3.63, 3.8) is 0 Å². The van der Waals surface area contributed by atoms with Crippen LogP contribution in [0.4, 0.5) is 0 Å². The van der Waals surface area contributed by atoms with Crippen LogP contribution in [0.1, 0.15) is 5.56 Å². The SMILES string of the molecule is COc1ccc(/C=N/[N+]([O-])=C(N)N)cc1Cl. The molecule has 0 saturated heterocycles. The van der Waals surface area contributed by atoms with Crippen molar-refractivity contribution in [3.8, 4) is 5.75 Å². The first-order valence-corrected chi connectivity index (χ1v) is 4.65. The topological polar surface area (TPSA) is 99.7 Å². The van der Waals surface area contributed by atoms with Gasteiger partial charge in [0.15, 0.2) is 0 Å². The molecule has 0 aliphatic heterocycles. The third-order valence-corrected chi connectivity index (χ3v) is 2.00. The van der Waals surface area contributed by atoms with E-state index in [1.807, 2.05) is 0 Å². The molecule has 6 nitrogen and oxygen atoms in total. The van der Waals surface area contributed by atoms with Crippen molar-refractivity contribution in [2.75, 3.05) is 7.11 Å². The molecule has 0 bridgehead atoms. The second kappa shape index (κ2) is 5.22. The minimum absolute atomic E-state index is 0.109. The number of hydrogen-bond donors (Lipinski definition) is 2. The van der Waals surface area contributed by atoms with Crippen LogP contribution in [0.15, 0.2) is 23.3 Å². The number of benzene rings is 1. The molecule has 0 saturated carbocycles. The lowest BCUT2D eigenvalue weighted by Gasteiger charge is -2.04. The van der Waals surface area contributed by atoms with Gasteiger partial charge in [-0.3, -0.25) is 11.5 Å². The van der Waals surface area contributed by atoms with Gasteiger partial charge in [-0.2, -0.15) is 0 Å². The van der Waals surface area contributed by atoms with Crippen molar-refractivity contribution >= 4 is 23.8 Å². The first kappa shape index (κ1) is 12.1. The van der Waals surface area contributed by atoms with Gasteiger partial charge in [0, 0.05) is 0 Å². The van der Waals surface area contributed by atoms with Crippen LogP contribution in [0.5, 0.6) is 5.75 Å². The first-order chi connectivity index (χ1) is 7.54. The molecule has 0 unspecified atom stereocenters. The van der Waals surface area contributed by atoms with Crippen LogP contribution in [0.2, 0.25) is 5.02 Å². The van der Waals surface area contributed by atoms with Gasteiger partial charge in [0.2, 0.25) is 0 Å². The normalized spacial score (nSPS) is 10.4. The van der Waals surface area contributed by atoms with Crippen molar-refractivity contribution in [3.05, 3.63) is 34.0 Å². The predicted molar refractivity (Wildman–Crippen MR) is 62.6 cm³/mol. The van der Waals surface area contributed by atoms with Crippen LogP contribution in [0, 0.1) is 5.21 Å². The van der Waals surface area contributed by atoms with Gasteiger partial charge in [0.1, 0.15) is 5.75 Å². The summed E-state index contributed by atoms with van der Waals surface area (Å²) in [5.41, 5.74) is 10.7. The molecule has 0 aromatic heterocycles. The molecule has 0 radical (unpaired) electrons. The molecule has 1 rings (SSSR count). The summed E-state index contributed by atoms with van der Waals surface area (Å²) in [5.74, 6) is 0.110. The number of guanidine groups is 1. The number of halogens is 1. The number of methoxy groups -OCH3 is 1. The van der Waals surface area contributed by atoms with Crippen molar-refractivity contribution in [2.45, 2.75) is 0 Å². The second-order valence-electron chi connectivity index (χ2n) is 2.84. The van der Waals surface area contributed by atoms with E-state index in [1.165, 1.54) is 13.3 Å². The number of nitrogens with zero attached hydrogens (tertiary/aromatic N) is 2. The van der Waals surface area contributed by atoms with Crippen molar-refractivity contribution in [1.82, 2.24) is 0 Å². The largest absolute Gasteiger partial charge is 0.722 e. The highest BCUT2D eigenvalue weighted by Gasteiger charge is 2.00. The third kappa shape index (κ3) is 3.03. The molecule has 16 heavy (non-hydrogen) atoms. The molecule has 0 amide bonds. The van der Waals surface area contributed by atoms with Gasteiger partial charge in [0.05, 0.1) is 18.3 Å². The highest BCUT2D eigenvalue weighted by atomic mass is 35.5. The fourth-order valence-corrected chi connectivity index (χ4v) is 1.21. The summed E-state index contributed by atoms with van der Waals surface area (Å²) in [7, 11) is 1.51. The zero-order valence-electron chi connectivity index (χ0n) is 8.55. The van der Waals surface area contributed by atoms with Crippen LogP contribution in [0.25, 0.3) is 0 Å². The standard InChI is InChI=1S/C9H11ClN4O2/c1-16-8-3-2-6(4-7(8)10)5-13-14(15)9(11)12/h2-5H,11-12H2,1H3/b13-5+. The van der Waals surface area contributed by atoms with Gasteiger partial charge in [0.25, 0.3) is 0 Å². The summed E-state index contributed by atoms with van der Waals surface area (Å²) in [6.45, 7) is 0. The molecule has 1 aromatic rings. The van der Waals surface area contributed by atoms with Gasteiger partial charge in [-0.1, -0.05) is 11.6 Å². The van der Waals surface area contributed by atoms with Crippen molar-refractivity contribution < 1.29 is 9.58 Å². The molecular weight excluding hydrogens is 232 g/mol. The van der Waals surface area contributed by atoms with E-state index in [1.54, 1.807) is 18.2 Å². The molecule has 86 valence electrons.